The molecule has 0 fully saturated rings. The van der Waals surface area contributed by atoms with Gasteiger partial charge >= 0.3 is 0 Å². The van der Waals surface area contributed by atoms with Gasteiger partial charge in [0.2, 0.25) is 0 Å². The summed E-state index contributed by atoms with van der Waals surface area (Å²) >= 11 is 0. The van der Waals surface area contributed by atoms with Crippen LogP contribution in [0.4, 0.5) is 0 Å². The number of hydrogen-bond donors (Lipinski definition) is 1. The van der Waals surface area contributed by atoms with Crippen LogP contribution in [0.15, 0.2) is 36.4 Å². The Bertz CT molecular complexity index is 560. The van der Waals surface area contributed by atoms with Gasteiger partial charge in [-0.2, -0.15) is 0 Å². The highest BCUT2D eigenvalue weighted by Gasteiger charge is 2.15. The predicted octanol–water partition coefficient (Wildman–Crippen LogP) is 3.18. The molecule has 2 rings (SSSR count). The molecule has 1 aromatic heterocycles. The van der Waals surface area contributed by atoms with Crippen LogP contribution in [-0.4, -0.2) is 30.3 Å². The molecule has 0 radical (unpaired) electrons. The third-order valence-electron chi connectivity index (χ3n) is 3.24. The third kappa shape index (κ3) is 4.29. The topological polar surface area (TPSA) is 34.1 Å². The van der Waals surface area contributed by atoms with E-state index in [1.54, 1.807) is 0 Å². The van der Waals surface area contributed by atoms with Gasteiger partial charge in [-0.3, -0.25) is 4.98 Å². The van der Waals surface area contributed by atoms with E-state index in [1.165, 1.54) is 5.39 Å². The van der Waals surface area contributed by atoms with E-state index < -0.39 is 0 Å². The van der Waals surface area contributed by atoms with Crippen LogP contribution >= 0.6 is 0 Å². The summed E-state index contributed by atoms with van der Waals surface area (Å²) in [5.74, 6) is 0. The minimum atomic E-state index is -0.105. The molecule has 1 N–H and O–H groups in total. The van der Waals surface area contributed by atoms with E-state index in [0.717, 1.165) is 17.6 Å². The number of pyridine rings is 1. The molecule has 0 aliphatic rings. The van der Waals surface area contributed by atoms with Crippen molar-refractivity contribution < 1.29 is 4.74 Å². The predicted molar refractivity (Wildman–Crippen MR) is 84.0 cm³/mol. The summed E-state index contributed by atoms with van der Waals surface area (Å²) in [6.07, 6.45) is 0.872. The average molecular weight is 272 g/mol. The fourth-order valence-electron chi connectivity index (χ4n) is 2.07. The second kappa shape index (κ2) is 6.33. The zero-order chi connectivity index (χ0) is 14.6. The van der Waals surface area contributed by atoms with Crippen LogP contribution in [0.3, 0.4) is 0 Å². The Balaban J connectivity index is 2.05. The molecule has 0 saturated heterocycles. The van der Waals surface area contributed by atoms with Gasteiger partial charge in [0.1, 0.15) is 0 Å². The molecular formula is C17H24N2O. The summed E-state index contributed by atoms with van der Waals surface area (Å²) in [5.41, 5.74) is 2.04. The number of aromatic nitrogens is 1. The molecule has 20 heavy (non-hydrogen) atoms. The maximum atomic E-state index is 5.85. The van der Waals surface area contributed by atoms with E-state index in [1.807, 2.05) is 19.2 Å². The second-order valence-electron chi connectivity index (χ2n) is 6.11. The van der Waals surface area contributed by atoms with Crippen molar-refractivity contribution >= 4 is 10.9 Å². The first kappa shape index (κ1) is 14.9. The van der Waals surface area contributed by atoms with Crippen molar-refractivity contribution in [2.75, 3.05) is 13.7 Å². The lowest BCUT2D eigenvalue weighted by atomic mass is 10.1. The monoisotopic (exact) mass is 272 g/mol. The molecular weight excluding hydrogens is 248 g/mol. The highest BCUT2D eigenvalue weighted by molar-refractivity contribution is 5.78. The molecule has 0 aliphatic heterocycles. The fourth-order valence-corrected chi connectivity index (χ4v) is 2.07. The first-order valence-corrected chi connectivity index (χ1v) is 7.14. The quantitative estimate of drug-likeness (QED) is 0.907. The number of likely N-dealkylation sites (N-methyl/N-ethyl adjacent to an activating group) is 1. The van der Waals surface area contributed by atoms with Crippen LogP contribution in [-0.2, 0) is 11.2 Å². The van der Waals surface area contributed by atoms with E-state index in [0.29, 0.717) is 6.61 Å². The standard InChI is InChI=1S/C17H24N2O/c1-17(2,3)20-12-15(18-4)11-14-10-9-13-7-5-6-8-16(13)19-14/h5-10,15,18H,11-12H2,1-4H3. The van der Waals surface area contributed by atoms with Gasteiger partial charge in [0.05, 0.1) is 17.7 Å². The van der Waals surface area contributed by atoms with Crippen LogP contribution in [0.1, 0.15) is 26.5 Å². The Morgan fingerprint density at radius 3 is 2.60 bits per heavy atom. The molecule has 1 aromatic carbocycles. The summed E-state index contributed by atoms with van der Waals surface area (Å²) < 4.78 is 5.85. The number of fused-ring (bicyclic) bond motifs is 1. The van der Waals surface area contributed by atoms with Crippen LogP contribution in [0.5, 0.6) is 0 Å². The minimum absolute atomic E-state index is 0.105. The van der Waals surface area contributed by atoms with Crippen molar-refractivity contribution in [1.29, 1.82) is 0 Å². The molecule has 0 spiro atoms. The highest BCUT2D eigenvalue weighted by Crippen LogP contribution is 2.14. The Labute approximate surface area is 121 Å². The zero-order valence-electron chi connectivity index (χ0n) is 12.8. The molecule has 1 atom stereocenters. The maximum absolute atomic E-state index is 5.85. The number of hydrogen-bond acceptors (Lipinski definition) is 3. The van der Waals surface area contributed by atoms with Crippen LogP contribution in [0.25, 0.3) is 10.9 Å². The lowest BCUT2D eigenvalue weighted by Gasteiger charge is -2.24. The van der Waals surface area contributed by atoms with Crippen LogP contribution < -0.4 is 5.32 Å². The maximum Gasteiger partial charge on any atom is 0.0705 e. The number of rotatable bonds is 5. The molecule has 0 bridgehead atoms. The van der Waals surface area contributed by atoms with Crippen molar-refractivity contribution in [3.05, 3.63) is 42.1 Å². The molecule has 0 amide bonds. The summed E-state index contributed by atoms with van der Waals surface area (Å²) in [6, 6.07) is 12.7. The molecule has 108 valence electrons. The lowest BCUT2D eigenvalue weighted by Crippen LogP contribution is -2.36. The van der Waals surface area contributed by atoms with Gasteiger partial charge in [-0.15, -0.1) is 0 Å². The van der Waals surface area contributed by atoms with Crippen molar-refractivity contribution in [3.63, 3.8) is 0 Å². The smallest absolute Gasteiger partial charge is 0.0705 e. The summed E-state index contributed by atoms with van der Waals surface area (Å²) in [4.78, 5) is 4.71. The molecule has 0 aliphatic carbocycles. The molecule has 3 heteroatoms. The SMILES string of the molecule is CNC(COC(C)(C)C)Cc1ccc2ccccc2n1. The highest BCUT2D eigenvalue weighted by atomic mass is 16.5. The third-order valence-corrected chi connectivity index (χ3v) is 3.24. The van der Waals surface area contributed by atoms with Gasteiger partial charge in [0.25, 0.3) is 0 Å². The van der Waals surface area contributed by atoms with Gasteiger partial charge in [-0.1, -0.05) is 24.3 Å². The van der Waals surface area contributed by atoms with E-state index in [2.05, 4.69) is 50.4 Å². The van der Waals surface area contributed by atoms with Crippen molar-refractivity contribution in [1.82, 2.24) is 10.3 Å². The largest absolute Gasteiger partial charge is 0.374 e. The number of benzene rings is 1. The first-order chi connectivity index (χ1) is 9.48. The Kier molecular flexibility index (Phi) is 4.73. The van der Waals surface area contributed by atoms with Gasteiger partial charge in [-0.25, -0.2) is 0 Å². The Morgan fingerprint density at radius 2 is 1.90 bits per heavy atom. The second-order valence-corrected chi connectivity index (χ2v) is 6.11. The van der Waals surface area contributed by atoms with E-state index in [9.17, 15) is 0 Å². The summed E-state index contributed by atoms with van der Waals surface area (Å²) in [5, 5.41) is 4.49. The van der Waals surface area contributed by atoms with E-state index >= 15 is 0 Å². The molecule has 1 heterocycles. The average Bonchev–Trinajstić information content (AvgIpc) is 2.42. The van der Waals surface area contributed by atoms with Crippen molar-refractivity contribution in [2.24, 2.45) is 0 Å². The fraction of sp³-hybridized carbons (Fsp3) is 0.471. The Morgan fingerprint density at radius 1 is 1.15 bits per heavy atom. The van der Waals surface area contributed by atoms with Crippen LogP contribution in [0, 0.1) is 0 Å². The number of nitrogens with zero attached hydrogens (tertiary/aromatic N) is 1. The molecule has 0 saturated carbocycles. The number of ether oxygens (including phenoxy) is 1. The van der Waals surface area contributed by atoms with E-state index in [-0.39, 0.29) is 11.6 Å². The van der Waals surface area contributed by atoms with Crippen LogP contribution in [0.2, 0.25) is 0 Å². The first-order valence-electron chi connectivity index (χ1n) is 7.14. The van der Waals surface area contributed by atoms with Gasteiger partial charge < -0.3 is 10.1 Å². The number of para-hydroxylation sites is 1. The Hall–Kier alpha value is -1.45. The van der Waals surface area contributed by atoms with Crippen molar-refractivity contribution in [2.45, 2.75) is 38.8 Å². The lowest BCUT2D eigenvalue weighted by molar-refractivity contribution is -0.0135. The summed E-state index contributed by atoms with van der Waals surface area (Å²) in [7, 11) is 1.97. The molecule has 2 aromatic rings. The summed E-state index contributed by atoms with van der Waals surface area (Å²) in [6.45, 7) is 6.92. The van der Waals surface area contributed by atoms with Gasteiger partial charge in [0, 0.05) is 23.5 Å². The molecule has 3 nitrogen and oxygen atoms in total. The van der Waals surface area contributed by atoms with Crippen molar-refractivity contribution in [3.8, 4) is 0 Å². The zero-order valence-corrected chi connectivity index (χ0v) is 12.8. The van der Waals surface area contributed by atoms with Gasteiger partial charge in [-0.05, 0) is 40.0 Å². The van der Waals surface area contributed by atoms with E-state index in [4.69, 9.17) is 9.72 Å². The normalized spacial score (nSPS) is 13.6. The molecule has 1 unspecified atom stereocenters. The van der Waals surface area contributed by atoms with Gasteiger partial charge in [0.15, 0.2) is 0 Å². The minimum Gasteiger partial charge on any atom is -0.374 e. The number of nitrogens with one attached hydrogen (secondary N) is 1.